The molecule has 0 atom stereocenters. The highest BCUT2D eigenvalue weighted by molar-refractivity contribution is 6.42. The molecule has 7 heteroatoms. The van der Waals surface area contributed by atoms with Gasteiger partial charge in [-0.15, -0.1) is 0 Å². The van der Waals surface area contributed by atoms with Gasteiger partial charge in [0.1, 0.15) is 5.56 Å². The van der Waals surface area contributed by atoms with Crippen molar-refractivity contribution in [3.8, 4) is 22.4 Å². The van der Waals surface area contributed by atoms with Gasteiger partial charge in [-0.1, -0.05) is 89.9 Å². The van der Waals surface area contributed by atoms with Gasteiger partial charge in [0.25, 0.3) is 5.56 Å². The molecule has 166 valence electrons. The van der Waals surface area contributed by atoms with Crippen LogP contribution in [-0.2, 0) is 11.3 Å². The average molecular weight is 479 g/mol. The van der Waals surface area contributed by atoms with E-state index in [4.69, 9.17) is 27.9 Å². The van der Waals surface area contributed by atoms with Crippen molar-refractivity contribution in [1.82, 2.24) is 9.78 Å². The summed E-state index contributed by atoms with van der Waals surface area (Å²) in [6.45, 7) is 1.95. The zero-order valence-electron chi connectivity index (χ0n) is 17.8. The predicted octanol–water partition coefficient (Wildman–Crippen LogP) is 6.11. The van der Waals surface area contributed by atoms with Crippen molar-refractivity contribution in [3.05, 3.63) is 110 Å². The minimum Gasteiger partial charge on any atom is -0.462 e. The van der Waals surface area contributed by atoms with Gasteiger partial charge in [0.15, 0.2) is 0 Å². The fourth-order valence-electron chi connectivity index (χ4n) is 3.57. The molecule has 0 bridgehead atoms. The Hall–Kier alpha value is -3.41. The molecule has 1 aromatic heterocycles. The number of esters is 1. The second-order valence-electron chi connectivity index (χ2n) is 7.26. The van der Waals surface area contributed by atoms with Crippen LogP contribution in [0.4, 0.5) is 0 Å². The van der Waals surface area contributed by atoms with Crippen LogP contribution >= 0.6 is 23.2 Å². The lowest BCUT2D eigenvalue weighted by Gasteiger charge is -2.17. The minimum atomic E-state index is -0.691. The van der Waals surface area contributed by atoms with E-state index < -0.39 is 11.5 Å². The first kappa shape index (κ1) is 22.8. The van der Waals surface area contributed by atoms with E-state index in [0.29, 0.717) is 26.9 Å². The van der Waals surface area contributed by atoms with Crippen LogP contribution in [0, 0.1) is 0 Å². The molecule has 0 aliphatic heterocycles. The standard InChI is InChI=1S/C26H20Cl2N2O3/c1-2-33-26(32)23-22(18-9-5-3-6-10-18)24(19-11-7-4-8-12-19)29-30(25(23)31)16-17-13-14-20(27)21(28)15-17/h3-15H,2,16H2,1H3. The molecule has 4 rings (SSSR count). The van der Waals surface area contributed by atoms with Crippen molar-refractivity contribution < 1.29 is 9.53 Å². The zero-order valence-corrected chi connectivity index (χ0v) is 19.3. The van der Waals surface area contributed by atoms with E-state index >= 15 is 0 Å². The zero-order chi connectivity index (χ0) is 23.4. The molecule has 0 spiro atoms. The molecule has 0 fully saturated rings. The highest BCUT2D eigenvalue weighted by atomic mass is 35.5. The normalized spacial score (nSPS) is 10.8. The van der Waals surface area contributed by atoms with E-state index in [0.717, 1.165) is 11.1 Å². The van der Waals surface area contributed by atoms with E-state index in [9.17, 15) is 9.59 Å². The van der Waals surface area contributed by atoms with Crippen molar-refractivity contribution in [2.45, 2.75) is 13.5 Å². The number of nitrogens with zero attached hydrogens (tertiary/aromatic N) is 2. The molecule has 0 aliphatic carbocycles. The smallest absolute Gasteiger partial charge is 0.344 e. The first-order valence-electron chi connectivity index (χ1n) is 10.4. The van der Waals surface area contributed by atoms with Crippen molar-refractivity contribution in [2.75, 3.05) is 6.61 Å². The Bertz CT molecular complexity index is 1350. The van der Waals surface area contributed by atoms with Crippen LogP contribution in [0.1, 0.15) is 22.8 Å². The fourth-order valence-corrected chi connectivity index (χ4v) is 3.89. The summed E-state index contributed by atoms with van der Waals surface area (Å²) in [6, 6.07) is 23.8. The maximum atomic E-state index is 13.6. The molecule has 3 aromatic carbocycles. The molecular weight excluding hydrogens is 459 g/mol. The predicted molar refractivity (Wildman–Crippen MR) is 131 cm³/mol. The molecule has 0 saturated heterocycles. The number of carbonyl (C=O) groups is 1. The van der Waals surface area contributed by atoms with Gasteiger partial charge in [0.2, 0.25) is 0 Å². The molecule has 1 heterocycles. The van der Waals surface area contributed by atoms with E-state index in [2.05, 4.69) is 5.10 Å². The summed E-state index contributed by atoms with van der Waals surface area (Å²) >= 11 is 12.2. The molecule has 33 heavy (non-hydrogen) atoms. The van der Waals surface area contributed by atoms with Crippen LogP contribution < -0.4 is 5.56 Å². The number of aromatic nitrogens is 2. The summed E-state index contributed by atoms with van der Waals surface area (Å²) in [5.41, 5.74) is 2.53. The Kier molecular flexibility index (Phi) is 6.92. The van der Waals surface area contributed by atoms with Crippen LogP contribution in [0.3, 0.4) is 0 Å². The maximum absolute atomic E-state index is 13.6. The summed E-state index contributed by atoms with van der Waals surface area (Å²) < 4.78 is 6.55. The second kappa shape index (κ2) is 10.0. The summed E-state index contributed by atoms with van der Waals surface area (Å²) in [5.74, 6) is -0.691. The Morgan fingerprint density at radius 3 is 2.15 bits per heavy atom. The number of hydrogen-bond acceptors (Lipinski definition) is 4. The van der Waals surface area contributed by atoms with Gasteiger partial charge < -0.3 is 4.74 Å². The number of hydrogen-bond donors (Lipinski definition) is 0. The fraction of sp³-hybridized carbons (Fsp3) is 0.115. The third-order valence-electron chi connectivity index (χ3n) is 5.06. The van der Waals surface area contributed by atoms with E-state index in [-0.39, 0.29) is 18.7 Å². The summed E-state index contributed by atoms with van der Waals surface area (Å²) in [7, 11) is 0. The van der Waals surface area contributed by atoms with Gasteiger partial charge in [-0.25, -0.2) is 9.48 Å². The van der Waals surface area contributed by atoms with E-state index in [1.54, 1.807) is 25.1 Å². The number of benzene rings is 3. The van der Waals surface area contributed by atoms with Crippen LogP contribution in [0.15, 0.2) is 83.7 Å². The molecule has 4 aromatic rings. The Morgan fingerprint density at radius 1 is 0.909 bits per heavy atom. The summed E-state index contributed by atoms with van der Waals surface area (Å²) in [4.78, 5) is 26.6. The largest absolute Gasteiger partial charge is 0.462 e. The third kappa shape index (κ3) is 4.85. The monoisotopic (exact) mass is 478 g/mol. The van der Waals surface area contributed by atoms with Crippen LogP contribution in [0.2, 0.25) is 10.0 Å². The summed E-state index contributed by atoms with van der Waals surface area (Å²) in [6.07, 6.45) is 0. The van der Waals surface area contributed by atoms with Crippen LogP contribution in [0.5, 0.6) is 0 Å². The lowest BCUT2D eigenvalue weighted by Crippen LogP contribution is -2.31. The van der Waals surface area contributed by atoms with Crippen molar-refractivity contribution in [1.29, 1.82) is 0 Å². The lowest BCUT2D eigenvalue weighted by atomic mass is 9.95. The van der Waals surface area contributed by atoms with Gasteiger partial charge in [-0.2, -0.15) is 5.10 Å². The quantitative estimate of drug-likeness (QED) is 0.313. The molecule has 5 nitrogen and oxygen atoms in total. The molecule has 0 unspecified atom stereocenters. The highest BCUT2D eigenvalue weighted by Gasteiger charge is 2.26. The first-order valence-corrected chi connectivity index (χ1v) is 11.1. The maximum Gasteiger partial charge on any atom is 0.344 e. The van der Waals surface area contributed by atoms with Gasteiger partial charge in [-0.05, 0) is 30.2 Å². The second-order valence-corrected chi connectivity index (χ2v) is 8.08. The molecule has 0 radical (unpaired) electrons. The molecular formula is C26H20Cl2N2O3. The molecule has 0 N–H and O–H groups in total. The molecule has 0 aliphatic rings. The highest BCUT2D eigenvalue weighted by Crippen LogP contribution is 2.32. The number of halogens is 2. The SMILES string of the molecule is CCOC(=O)c1c(-c2ccccc2)c(-c2ccccc2)nn(Cc2ccc(Cl)c(Cl)c2)c1=O. The number of rotatable bonds is 6. The van der Waals surface area contributed by atoms with E-state index in [1.807, 2.05) is 60.7 Å². The Morgan fingerprint density at radius 2 is 1.55 bits per heavy atom. The molecule has 0 amide bonds. The average Bonchev–Trinajstić information content (AvgIpc) is 2.83. The third-order valence-corrected chi connectivity index (χ3v) is 5.80. The van der Waals surface area contributed by atoms with Crippen molar-refractivity contribution in [3.63, 3.8) is 0 Å². The molecule has 0 saturated carbocycles. The topological polar surface area (TPSA) is 61.2 Å². The number of carbonyl (C=O) groups excluding carboxylic acids is 1. The van der Waals surface area contributed by atoms with Crippen molar-refractivity contribution >= 4 is 29.2 Å². The van der Waals surface area contributed by atoms with Crippen molar-refractivity contribution in [2.24, 2.45) is 0 Å². The van der Waals surface area contributed by atoms with Crippen LogP contribution in [0.25, 0.3) is 22.4 Å². The summed E-state index contributed by atoms with van der Waals surface area (Å²) in [5, 5.41) is 5.48. The van der Waals surface area contributed by atoms with Gasteiger partial charge in [0, 0.05) is 11.1 Å². The van der Waals surface area contributed by atoms with Gasteiger partial charge in [-0.3, -0.25) is 4.79 Å². The van der Waals surface area contributed by atoms with Gasteiger partial charge in [0.05, 0.1) is 28.9 Å². The Balaban J connectivity index is 2.01. The Labute approximate surface area is 201 Å². The van der Waals surface area contributed by atoms with E-state index in [1.165, 1.54) is 4.68 Å². The number of ether oxygens (including phenoxy) is 1. The lowest BCUT2D eigenvalue weighted by molar-refractivity contribution is 0.0524. The minimum absolute atomic E-state index is 0.0584. The van der Waals surface area contributed by atoms with Crippen LogP contribution in [-0.4, -0.2) is 22.4 Å². The van der Waals surface area contributed by atoms with Gasteiger partial charge >= 0.3 is 5.97 Å². The first-order chi connectivity index (χ1) is 16.0.